The third kappa shape index (κ3) is 4.86. The van der Waals surface area contributed by atoms with Crippen molar-refractivity contribution < 1.29 is 28.2 Å². The highest BCUT2D eigenvalue weighted by Crippen LogP contribution is 2.39. The Morgan fingerprint density at radius 1 is 1.11 bits per heavy atom. The Kier molecular flexibility index (Phi) is 6.74. The summed E-state index contributed by atoms with van der Waals surface area (Å²) in [5.74, 6) is -1.72. The molecule has 2 aromatic rings. The maximum absolute atomic E-state index is 13.3. The number of anilines is 1. The summed E-state index contributed by atoms with van der Waals surface area (Å²) in [4.78, 5) is 13.4. The van der Waals surface area contributed by atoms with E-state index in [2.05, 4.69) is 10.2 Å². The Bertz CT molecular complexity index is 865. The van der Waals surface area contributed by atoms with Crippen molar-refractivity contribution in [2.45, 2.75) is 20.0 Å². The molecule has 2 rings (SSSR count). The first kappa shape index (κ1) is 21.4. The first-order valence-corrected chi connectivity index (χ1v) is 8.50. The first-order chi connectivity index (χ1) is 13.2. The Hall–Kier alpha value is -2.94. The molecule has 9 heteroatoms. The van der Waals surface area contributed by atoms with E-state index in [1.807, 2.05) is 11.8 Å². The second kappa shape index (κ2) is 8.83. The summed E-state index contributed by atoms with van der Waals surface area (Å²) in [5.41, 5.74) is -1.52. The number of hydrogen-bond acceptors (Lipinski definition) is 5. The summed E-state index contributed by atoms with van der Waals surface area (Å²) in [5, 5.41) is 25.9. The number of carboxylic acid groups (broad SMARTS) is 1. The molecule has 0 aliphatic carbocycles. The average molecular weight is 395 g/mol. The molecule has 0 bridgehead atoms. The summed E-state index contributed by atoms with van der Waals surface area (Å²) >= 11 is 0. The van der Waals surface area contributed by atoms with Crippen molar-refractivity contribution in [1.29, 1.82) is 0 Å². The van der Waals surface area contributed by atoms with Crippen molar-refractivity contribution in [1.82, 2.24) is 0 Å². The molecule has 0 amide bonds. The number of carboxylic acids is 1. The molecule has 0 heterocycles. The van der Waals surface area contributed by atoms with Crippen molar-refractivity contribution in [2.75, 3.05) is 24.6 Å². The zero-order valence-electron chi connectivity index (χ0n) is 15.4. The zero-order valence-corrected chi connectivity index (χ0v) is 15.4. The van der Waals surface area contributed by atoms with Crippen LogP contribution in [0.25, 0.3) is 0 Å². The molecule has 0 radical (unpaired) electrons. The molecule has 0 aliphatic rings. The number of azo groups is 1. The molecule has 0 fully saturated rings. The van der Waals surface area contributed by atoms with Gasteiger partial charge >= 0.3 is 12.1 Å². The number of carbonyl (C=O) groups is 1. The van der Waals surface area contributed by atoms with Crippen LogP contribution in [0.2, 0.25) is 0 Å². The van der Waals surface area contributed by atoms with Gasteiger partial charge in [-0.05, 0) is 49.7 Å². The Morgan fingerprint density at radius 3 is 2.25 bits per heavy atom. The van der Waals surface area contributed by atoms with Gasteiger partial charge in [-0.1, -0.05) is 6.07 Å². The molecule has 0 spiro atoms. The molecule has 150 valence electrons. The van der Waals surface area contributed by atoms with Gasteiger partial charge in [0.2, 0.25) is 0 Å². The van der Waals surface area contributed by atoms with Gasteiger partial charge in [-0.2, -0.15) is 18.3 Å². The second-order valence-electron chi connectivity index (χ2n) is 5.97. The van der Waals surface area contributed by atoms with Crippen molar-refractivity contribution in [3.05, 3.63) is 53.1 Å². The molecule has 0 saturated carbocycles. The van der Waals surface area contributed by atoms with E-state index in [1.165, 1.54) is 19.1 Å². The lowest BCUT2D eigenvalue weighted by molar-refractivity contribution is -0.138. The third-order valence-electron chi connectivity index (χ3n) is 4.13. The van der Waals surface area contributed by atoms with Gasteiger partial charge in [0.15, 0.2) is 0 Å². The van der Waals surface area contributed by atoms with Crippen LogP contribution in [0.4, 0.5) is 30.2 Å². The Balaban J connectivity index is 2.38. The minimum atomic E-state index is -4.82. The standard InChI is InChI=1S/C19H20F3N3O3/c1-3-25(10-11-26)14-7-5-13(6-8-14)23-24-15-9-4-12(2)17(19(20,21)22)16(15)18(27)28/h4-9,26H,3,10-11H2,1-2H3,(H,27,28). The largest absolute Gasteiger partial charge is 0.478 e. The van der Waals surface area contributed by atoms with Gasteiger partial charge in [0.05, 0.1) is 23.4 Å². The number of likely N-dealkylation sites (N-methyl/N-ethyl adjacent to an activating group) is 1. The van der Waals surface area contributed by atoms with Gasteiger partial charge < -0.3 is 15.1 Å². The summed E-state index contributed by atoms with van der Waals surface area (Å²) < 4.78 is 39.8. The molecule has 0 unspecified atom stereocenters. The molecule has 0 saturated heterocycles. The van der Waals surface area contributed by atoms with Gasteiger partial charge in [-0.3, -0.25) is 0 Å². The van der Waals surface area contributed by atoms with Crippen molar-refractivity contribution in [2.24, 2.45) is 10.2 Å². The van der Waals surface area contributed by atoms with E-state index >= 15 is 0 Å². The highest BCUT2D eigenvalue weighted by Gasteiger charge is 2.38. The number of aliphatic hydroxyl groups is 1. The van der Waals surface area contributed by atoms with Crippen molar-refractivity contribution >= 4 is 23.0 Å². The molecular formula is C19H20F3N3O3. The lowest BCUT2D eigenvalue weighted by atomic mass is 9.99. The van der Waals surface area contributed by atoms with Crippen LogP contribution in [0, 0.1) is 6.92 Å². The second-order valence-corrected chi connectivity index (χ2v) is 5.97. The number of nitrogens with zero attached hydrogens (tertiary/aromatic N) is 3. The number of aliphatic hydroxyl groups excluding tert-OH is 1. The van der Waals surface area contributed by atoms with Crippen molar-refractivity contribution in [3.8, 4) is 0 Å². The summed E-state index contributed by atoms with van der Waals surface area (Å²) in [6.07, 6.45) is -4.82. The highest BCUT2D eigenvalue weighted by atomic mass is 19.4. The number of hydrogen-bond donors (Lipinski definition) is 2. The molecule has 0 aliphatic heterocycles. The predicted octanol–water partition coefficient (Wildman–Crippen LogP) is 4.95. The van der Waals surface area contributed by atoms with Gasteiger partial charge in [-0.25, -0.2) is 4.79 Å². The Labute approximate surface area is 159 Å². The summed E-state index contributed by atoms with van der Waals surface area (Å²) in [7, 11) is 0. The molecule has 0 atom stereocenters. The van der Waals surface area contributed by atoms with Gasteiger partial charge in [0.1, 0.15) is 5.69 Å². The van der Waals surface area contributed by atoms with E-state index in [9.17, 15) is 23.1 Å². The van der Waals surface area contributed by atoms with E-state index in [4.69, 9.17) is 5.11 Å². The highest BCUT2D eigenvalue weighted by molar-refractivity contribution is 5.95. The van der Waals surface area contributed by atoms with Crippen LogP contribution in [0.1, 0.15) is 28.4 Å². The normalized spacial score (nSPS) is 11.8. The molecule has 6 nitrogen and oxygen atoms in total. The number of aryl methyl sites for hydroxylation is 1. The maximum atomic E-state index is 13.3. The fourth-order valence-electron chi connectivity index (χ4n) is 2.79. The van der Waals surface area contributed by atoms with Crippen LogP contribution in [-0.2, 0) is 6.18 Å². The van der Waals surface area contributed by atoms with Gasteiger partial charge in [0, 0.05) is 18.8 Å². The quantitative estimate of drug-likeness (QED) is 0.650. The lowest BCUT2D eigenvalue weighted by Crippen LogP contribution is -2.25. The fraction of sp³-hybridized carbons (Fsp3) is 0.316. The smallest absolute Gasteiger partial charge is 0.417 e. The topological polar surface area (TPSA) is 85.5 Å². The van der Waals surface area contributed by atoms with E-state index in [0.29, 0.717) is 18.8 Å². The Morgan fingerprint density at radius 2 is 1.75 bits per heavy atom. The third-order valence-corrected chi connectivity index (χ3v) is 4.13. The van der Waals surface area contributed by atoms with Crippen LogP contribution in [0.15, 0.2) is 46.6 Å². The average Bonchev–Trinajstić information content (AvgIpc) is 2.64. The summed E-state index contributed by atoms with van der Waals surface area (Å²) in [6.45, 7) is 4.28. The number of aromatic carboxylic acids is 1. The van der Waals surface area contributed by atoms with Crippen LogP contribution in [0.3, 0.4) is 0 Å². The van der Waals surface area contributed by atoms with E-state index in [1.54, 1.807) is 24.3 Å². The molecule has 0 aromatic heterocycles. The van der Waals surface area contributed by atoms with Crippen LogP contribution >= 0.6 is 0 Å². The molecular weight excluding hydrogens is 375 g/mol. The van der Waals surface area contributed by atoms with E-state index in [0.717, 1.165) is 5.69 Å². The number of halogens is 3. The van der Waals surface area contributed by atoms with Gasteiger partial charge in [-0.15, -0.1) is 5.11 Å². The molecule has 2 N–H and O–H groups in total. The van der Waals surface area contributed by atoms with E-state index in [-0.39, 0.29) is 17.9 Å². The zero-order chi connectivity index (χ0) is 20.9. The van der Waals surface area contributed by atoms with E-state index < -0.39 is 23.3 Å². The lowest BCUT2D eigenvalue weighted by Gasteiger charge is -2.21. The van der Waals surface area contributed by atoms with Gasteiger partial charge in [0.25, 0.3) is 0 Å². The minimum absolute atomic E-state index is 0.00221. The predicted molar refractivity (Wildman–Crippen MR) is 98.7 cm³/mol. The number of benzene rings is 2. The molecule has 2 aromatic carbocycles. The first-order valence-electron chi connectivity index (χ1n) is 8.50. The van der Waals surface area contributed by atoms with Crippen molar-refractivity contribution in [3.63, 3.8) is 0 Å². The summed E-state index contributed by atoms with van der Waals surface area (Å²) in [6, 6.07) is 9.06. The monoisotopic (exact) mass is 395 g/mol. The maximum Gasteiger partial charge on any atom is 0.417 e. The molecule has 28 heavy (non-hydrogen) atoms. The number of rotatable bonds is 7. The van der Waals surface area contributed by atoms with Crippen LogP contribution in [0.5, 0.6) is 0 Å². The minimum Gasteiger partial charge on any atom is -0.478 e. The SMILES string of the molecule is CCN(CCO)c1ccc(N=Nc2ccc(C)c(C(F)(F)F)c2C(=O)O)cc1. The van der Waals surface area contributed by atoms with Crippen LogP contribution < -0.4 is 4.90 Å². The van der Waals surface area contributed by atoms with Crippen LogP contribution in [-0.4, -0.2) is 35.9 Å². The number of alkyl halides is 3. The fourth-order valence-corrected chi connectivity index (χ4v) is 2.79.